The molecule has 1 aliphatic rings. The summed E-state index contributed by atoms with van der Waals surface area (Å²) in [4.78, 5) is 38.7. The minimum atomic E-state index is -3.89. The van der Waals surface area contributed by atoms with E-state index < -0.39 is 44.6 Å². The lowest BCUT2D eigenvalue weighted by molar-refractivity contribution is -0.140. The number of amides is 2. The molecule has 0 N–H and O–H groups in total. The van der Waals surface area contributed by atoms with E-state index >= 15 is 0 Å². The second-order valence-corrected chi connectivity index (χ2v) is 15.2. The van der Waals surface area contributed by atoms with Gasteiger partial charge >= 0.3 is 5.97 Å². The zero-order chi connectivity index (χ0) is 40.6. The smallest absolute Gasteiger partial charge is 0.325 e. The van der Waals surface area contributed by atoms with Gasteiger partial charge in [-0.2, -0.15) is 16.8 Å². The Morgan fingerprint density at radius 2 is 0.875 bits per heavy atom. The summed E-state index contributed by atoms with van der Waals surface area (Å²) in [6.45, 7) is 3.72. The van der Waals surface area contributed by atoms with Crippen molar-refractivity contribution in [2.75, 3.05) is 92.9 Å². The van der Waals surface area contributed by atoms with Gasteiger partial charge in [0.25, 0.3) is 32.1 Å². The van der Waals surface area contributed by atoms with Crippen molar-refractivity contribution in [3.05, 3.63) is 82.9 Å². The maximum Gasteiger partial charge on any atom is 0.325 e. The van der Waals surface area contributed by atoms with Crippen LogP contribution in [0.15, 0.2) is 70.5 Å². The molecule has 19 heteroatoms. The molecule has 0 aliphatic carbocycles. The predicted molar refractivity (Wildman–Crippen MR) is 197 cm³/mol. The highest BCUT2D eigenvalue weighted by atomic mass is 32.2. The van der Waals surface area contributed by atoms with Gasteiger partial charge in [0.2, 0.25) is 0 Å². The lowest BCUT2D eigenvalue weighted by Crippen LogP contribution is -2.35. The lowest BCUT2D eigenvalue weighted by atomic mass is 10.1. The maximum atomic E-state index is 13.0. The van der Waals surface area contributed by atoms with E-state index in [1.54, 1.807) is 24.3 Å². The third-order valence-corrected chi connectivity index (χ3v) is 10.5. The van der Waals surface area contributed by atoms with Crippen molar-refractivity contribution in [1.29, 1.82) is 0 Å². The lowest BCUT2D eigenvalue weighted by Gasteiger charge is -2.14. The Bertz CT molecular complexity index is 1850. The fraction of sp³-hybridized carbons (Fsp3) is 0.432. The number of nitrogens with zero attached hydrogens (tertiary/aromatic N) is 1. The van der Waals surface area contributed by atoms with E-state index in [2.05, 4.69) is 4.74 Å². The second kappa shape index (κ2) is 21.7. The zero-order valence-corrected chi connectivity index (χ0v) is 32.9. The van der Waals surface area contributed by atoms with E-state index in [9.17, 15) is 31.2 Å². The van der Waals surface area contributed by atoms with E-state index in [0.717, 1.165) is 23.1 Å². The molecule has 0 bridgehead atoms. The number of ether oxygens (including phenoxy) is 7. The van der Waals surface area contributed by atoms with Gasteiger partial charge < -0.3 is 33.2 Å². The molecule has 3 aromatic rings. The number of benzene rings is 3. The highest BCUT2D eigenvalue weighted by Crippen LogP contribution is 2.35. The Balaban J connectivity index is 1.17. The average Bonchev–Trinajstić information content (AvgIpc) is 3.39. The fourth-order valence-electron chi connectivity index (χ4n) is 4.88. The Kier molecular flexibility index (Phi) is 17.2. The van der Waals surface area contributed by atoms with Gasteiger partial charge in [-0.1, -0.05) is 35.4 Å². The molecule has 2 amide bonds. The molecule has 3 aromatic carbocycles. The molecule has 1 aliphatic heterocycles. The van der Waals surface area contributed by atoms with Gasteiger partial charge in [-0.15, -0.1) is 0 Å². The van der Waals surface area contributed by atoms with Crippen LogP contribution in [0.25, 0.3) is 0 Å². The van der Waals surface area contributed by atoms with Gasteiger partial charge in [-0.3, -0.25) is 27.6 Å². The molecule has 0 saturated heterocycles. The van der Waals surface area contributed by atoms with Crippen molar-refractivity contribution >= 4 is 38.0 Å². The number of methoxy groups -OCH3 is 1. The molecular weight excluding hydrogens is 779 g/mol. The normalized spacial score (nSPS) is 12.9. The molecule has 0 aromatic heterocycles. The first-order chi connectivity index (χ1) is 26.8. The summed E-state index contributed by atoms with van der Waals surface area (Å²) in [7, 11) is -6.64. The van der Waals surface area contributed by atoms with Gasteiger partial charge in [-0.25, -0.2) is 0 Å². The first kappa shape index (κ1) is 44.2. The molecule has 0 spiro atoms. The summed E-state index contributed by atoms with van der Waals surface area (Å²) in [6, 6.07) is 15.3. The molecule has 17 nitrogen and oxygen atoms in total. The minimum Gasteiger partial charge on any atom is -0.487 e. The van der Waals surface area contributed by atoms with Gasteiger partial charge in [0, 0.05) is 0 Å². The Morgan fingerprint density at radius 3 is 1.23 bits per heavy atom. The molecule has 0 radical (unpaired) electrons. The third-order valence-electron chi connectivity index (χ3n) is 7.82. The van der Waals surface area contributed by atoms with Crippen LogP contribution in [0.1, 0.15) is 31.8 Å². The van der Waals surface area contributed by atoms with Crippen molar-refractivity contribution in [2.24, 2.45) is 0 Å². The van der Waals surface area contributed by atoms with Crippen LogP contribution in [0.5, 0.6) is 11.5 Å². The topological polar surface area (TPSA) is 206 Å². The molecule has 56 heavy (non-hydrogen) atoms. The van der Waals surface area contributed by atoms with Crippen molar-refractivity contribution in [3.8, 4) is 11.5 Å². The van der Waals surface area contributed by atoms with E-state index in [-0.39, 0.29) is 112 Å². The Hall–Kier alpha value is -4.47. The quantitative estimate of drug-likeness (QED) is 0.0494. The van der Waals surface area contributed by atoms with Crippen LogP contribution in [-0.2, 0) is 57.1 Å². The molecule has 1 heterocycles. The number of hydrogen-bond donors (Lipinski definition) is 0. The average molecular weight is 824 g/mol. The number of carbonyl (C=O) groups excluding carboxylic acids is 3. The number of carbonyl (C=O) groups is 3. The summed E-state index contributed by atoms with van der Waals surface area (Å²) < 4.78 is 97.1. The number of imide groups is 1. The zero-order valence-electron chi connectivity index (χ0n) is 31.3. The number of rotatable bonds is 26. The van der Waals surface area contributed by atoms with Gasteiger partial charge in [0.1, 0.15) is 19.8 Å². The van der Waals surface area contributed by atoms with Gasteiger partial charge in [0.05, 0.1) is 94.1 Å². The van der Waals surface area contributed by atoms with Crippen LogP contribution in [0.3, 0.4) is 0 Å². The molecule has 306 valence electrons. The van der Waals surface area contributed by atoms with Gasteiger partial charge in [-0.05, 0) is 50.2 Å². The van der Waals surface area contributed by atoms with E-state index in [1.165, 1.54) is 36.4 Å². The molecule has 0 atom stereocenters. The fourth-order valence-corrected chi connectivity index (χ4v) is 6.66. The second-order valence-electron chi connectivity index (χ2n) is 11.9. The Morgan fingerprint density at radius 1 is 0.536 bits per heavy atom. The number of hydrogen-bond acceptors (Lipinski definition) is 16. The summed E-state index contributed by atoms with van der Waals surface area (Å²) in [5, 5.41) is 0. The summed E-state index contributed by atoms with van der Waals surface area (Å²) >= 11 is 0. The van der Waals surface area contributed by atoms with Crippen molar-refractivity contribution in [2.45, 2.75) is 23.6 Å². The van der Waals surface area contributed by atoms with Crippen molar-refractivity contribution < 1.29 is 72.7 Å². The number of aryl methyl sites for hydroxylation is 2. The highest BCUT2D eigenvalue weighted by molar-refractivity contribution is 7.87. The van der Waals surface area contributed by atoms with Crippen LogP contribution in [0, 0.1) is 13.8 Å². The summed E-state index contributed by atoms with van der Waals surface area (Å²) in [5.41, 5.74) is 1.89. The predicted octanol–water partition coefficient (Wildman–Crippen LogP) is 2.71. The monoisotopic (exact) mass is 823 g/mol. The Labute approximate surface area is 325 Å². The van der Waals surface area contributed by atoms with Crippen molar-refractivity contribution in [3.63, 3.8) is 0 Å². The highest BCUT2D eigenvalue weighted by Gasteiger charge is 2.38. The van der Waals surface area contributed by atoms with Crippen LogP contribution in [-0.4, -0.2) is 132 Å². The first-order valence-corrected chi connectivity index (χ1v) is 20.2. The van der Waals surface area contributed by atoms with Crippen LogP contribution < -0.4 is 9.47 Å². The maximum absolute atomic E-state index is 13.0. The molecule has 0 saturated carbocycles. The van der Waals surface area contributed by atoms with E-state index in [4.69, 9.17) is 36.8 Å². The van der Waals surface area contributed by atoms with Crippen molar-refractivity contribution in [1.82, 2.24) is 4.90 Å². The molecule has 0 unspecified atom stereocenters. The standard InChI is InChI=1S/C37H45NO16S2/c1-27-4-8-29(9-5-27)55(42,43)53-22-18-49-14-12-47-16-20-51-33-24-31-32(37(41)38(36(31)40)26-35(39)46-3)25-34(33)52-21-17-48-13-15-50-19-23-54-56(44,45)30-10-6-28(2)7-11-30/h4-11,24-25H,12-23,26H2,1-3H3. The van der Waals surface area contributed by atoms with E-state index in [0.29, 0.717) is 0 Å². The molecule has 4 rings (SSSR count). The van der Waals surface area contributed by atoms with Crippen LogP contribution in [0.2, 0.25) is 0 Å². The largest absolute Gasteiger partial charge is 0.487 e. The first-order valence-electron chi connectivity index (χ1n) is 17.4. The van der Waals surface area contributed by atoms with Crippen LogP contribution in [0.4, 0.5) is 0 Å². The summed E-state index contributed by atoms with van der Waals surface area (Å²) in [5.74, 6) is -1.88. The summed E-state index contributed by atoms with van der Waals surface area (Å²) in [6.07, 6.45) is 0. The molecule has 0 fully saturated rings. The van der Waals surface area contributed by atoms with E-state index in [1.807, 2.05) is 13.8 Å². The third kappa shape index (κ3) is 13.3. The minimum absolute atomic E-state index is 0.0188. The SMILES string of the molecule is COC(=O)CN1C(=O)c2cc(OCCOCCOCCOS(=O)(=O)c3ccc(C)cc3)c(OCCOCCOCCOS(=O)(=O)c3ccc(C)cc3)cc2C1=O. The van der Waals surface area contributed by atoms with Gasteiger partial charge in [0.15, 0.2) is 11.5 Å². The van der Waals surface area contributed by atoms with Crippen LogP contribution >= 0.6 is 0 Å². The number of fused-ring (bicyclic) bond motifs is 1. The number of esters is 1. The molecular formula is C37H45NO16S2.